The predicted molar refractivity (Wildman–Crippen MR) is 138 cm³/mol. The van der Waals surface area contributed by atoms with Crippen LogP contribution in [0, 0.1) is 0 Å². The van der Waals surface area contributed by atoms with Crippen molar-refractivity contribution in [2.45, 2.75) is 34.3 Å². The van der Waals surface area contributed by atoms with Gasteiger partial charge in [0.25, 0.3) is 0 Å². The summed E-state index contributed by atoms with van der Waals surface area (Å²) in [7, 11) is 0. The molecule has 0 aliphatic heterocycles. The van der Waals surface area contributed by atoms with E-state index in [9.17, 15) is 0 Å². The third kappa shape index (κ3) is 6.46. The molecule has 2 aliphatic rings. The number of hydrogen-bond donors (Lipinski definition) is 0. The molecule has 0 amide bonds. The highest BCUT2D eigenvalue weighted by molar-refractivity contribution is 8.07. The average Bonchev–Trinajstić information content (AvgIpc) is 2.72. The maximum atomic E-state index is 6.49. The van der Waals surface area contributed by atoms with Gasteiger partial charge in [-0.1, -0.05) is 119 Å². The van der Waals surface area contributed by atoms with Gasteiger partial charge in [-0.25, -0.2) is 0 Å². The van der Waals surface area contributed by atoms with Crippen LogP contribution >= 0.6 is 58.2 Å². The molecule has 0 spiro atoms. The van der Waals surface area contributed by atoms with Crippen molar-refractivity contribution in [3.63, 3.8) is 0 Å². The van der Waals surface area contributed by atoms with Crippen molar-refractivity contribution in [2.75, 3.05) is 0 Å². The molecule has 0 nitrogen and oxygen atoms in total. The second-order valence-corrected chi connectivity index (χ2v) is 12.1. The highest BCUT2D eigenvalue weighted by Crippen LogP contribution is 2.46. The molecule has 2 aromatic carbocycles. The van der Waals surface area contributed by atoms with Gasteiger partial charge in [0.05, 0.1) is 0 Å². The molecule has 0 aromatic heterocycles. The molecular formula is C26H22Cl4S. The third-order valence-electron chi connectivity index (χ3n) is 5.29. The van der Waals surface area contributed by atoms with E-state index in [1.54, 1.807) is 11.8 Å². The number of rotatable bonds is 6. The molecule has 0 saturated heterocycles. The molecule has 31 heavy (non-hydrogen) atoms. The van der Waals surface area contributed by atoms with Crippen molar-refractivity contribution in [1.29, 1.82) is 0 Å². The van der Waals surface area contributed by atoms with E-state index < -0.39 is 8.67 Å². The Morgan fingerprint density at radius 1 is 0.613 bits per heavy atom. The molecule has 160 valence electrons. The number of hydrogen-bond acceptors (Lipinski definition) is 1. The van der Waals surface area contributed by atoms with Crippen molar-refractivity contribution in [2.24, 2.45) is 0 Å². The maximum Gasteiger partial charge on any atom is 0.140 e. The van der Waals surface area contributed by atoms with Gasteiger partial charge >= 0.3 is 0 Å². The Hall–Kier alpha value is -1.09. The number of allylic oxidation sites excluding steroid dienone is 6. The molecule has 4 rings (SSSR count). The van der Waals surface area contributed by atoms with Gasteiger partial charge in [0.15, 0.2) is 0 Å². The summed E-state index contributed by atoms with van der Waals surface area (Å²) < 4.78 is -1.75. The highest BCUT2D eigenvalue weighted by Gasteiger charge is 2.30. The van der Waals surface area contributed by atoms with E-state index in [2.05, 4.69) is 60.7 Å². The molecule has 0 radical (unpaired) electrons. The number of halogens is 4. The van der Waals surface area contributed by atoms with Crippen LogP contribution in [0.2, 0.25) is 0 Å². The molecule has 0 heterocycles. The van der Waals surface area contributed by atoms with Crippen molar-refractivity contribution in [3.05, 3.63) is 117 Å². The van der Waals surface area contributed by atoms with Gasteiger partial charge in [0.2, 0.25) is 0 Å². The average molecular weight is 508 g/mol. The summed E-state index contributed by atoms with van der Waals surface area (Å²) >= 11 is 27.7. The van der Waals surface area contributed by atoms with Crippen LogP contribution in [0.5, 0.6) is 0 Å². The number of alkyl halides is 4. The van der Waals surface area contributed by atoms with Crippen LogP contribution in [0.25, 0.3) is 0 Å². The maximum absolute atomic E-state index is 6.49. The van der Waals surface area contributed by atoms with Crippen LogP contribution in [0.4, 0.5) is 0 Å². The van der Waals surface area contributed by atoms with Crippen molar-refractivity contribution in [3.8, 4) is 0 Å². The second-order valence-electron chi connectivity index (χ2n) is 7.90. The van der Waals surface area contributed by atoms with Crippen molar-refractivity contribution in [1.82, 2.24) is 0 Å². The van der Waals surface area contributed by atoms with E-state index in [0.717, 1.165) is 12.8 Å². The zero-order chi connectivity index (χ0) is 21.9. The van der Waals surface area contributed by atoms with Crippen LogP contribution in [-0.2, 0) is 12.8 Å². The zero-order valence-corrected chi connectivity index (χ0v) is 20.7. The van der Waals surface area contributed by atoms with Crippen LogP contribution in [0.3, 0.4) is 0 Å². The predicted octanol–water partition coefficient (Wildman–Crippen LogP) is 8.98. The first-order valence-corrected chi connectivity index (χ1v) is 12.5. The summed E-state index contributed by atoms with van der Waals surface area (Å²) in [6.45, 7) is 0. The van der Waals surface area contributed by atoms with Crippen molar-refractivity contribution >= 4 is 58.2 Å². The first-order chi connectivity index (χ1) is 14.8. The molecule has 0 fully saturated rings. The third-order valence-corrected chi connectivity index (χ3v) is 7.62. The highest BCUT2D eigenvalue weighted by atomic mass is 35.5. The summed E-state index contributed by atoms with van der Waals surface area (Å²) in [5.74, 6) is 0. The van der Waals surface area contributed by atoms with Gasteiger partial charge in [-0.15, -0.1) is 0 Å². The van der Waals surface area contributed by atoms with E-state index in [0.29, 0.717) is 12.8 Å². The quantitative estimate of drug-likeness (QED) is 0.351. The lowest BCUT2D eigenvalue weighted by Gasteiger charge is -2.28. The summed E-state index contributed by atoms with van der Waals surface area (Å²) in [6, 6.07) is 20.8. The fourth-order valence-electron chi connectivity index (χ4n) is 3.81. The number of thioether (sulfide) groups is 1. The Bertz CT molecular complexity index is 962. The summed E-state index contributed by atoms with van der Waals surface area (Å²) in [5.41, 5.74) is 4.95. The summed E-state index contributed by atoms with van der Waals surface area (Å²) in [6.07, 6.45) is 10.7. The van der Waals surface area contributed by atoms with Gasteiger partial charge in [0, 0.05) is 22.7 Å². The normalized spacial score (nSPS) is 19.7. The Labute approximate surface area is 208 Å². The minimum absolute atomic E-state index is 0.601. The summed E-state index contributed by atoms with van der Waals surface area (Å²) in [5, 5.41) is 0. The Morgan fingerprint density at radius 3 is 1.39 bits per heavy atom. The van der Waals surface area contributed by atoms with Gasteiger partial charge in [-0.3, -0.25) is 0 Å². The topological polar surface area (TPSA) is 0 Å². The smallest absolute Gasteiger partial charge is 0.0966 e. The lowest BCUT2D eigenvalue weighted by molar-refractivity contribution is 0.858. The van der Waals surface area contributed by atoms with Gasteiger partial charge in [-0.2, -0.15) is 0 Å². The van der Waals surface area contributed by atoms with Gasteiger partial charge in [0.1, 0.15) is 8.67 Å². The Kier molecular flexibility index (Phi) is 7.30. The minimum Gasteiger partial charge on any atom is -0.0966 e. The van der Waals surface area contributed by atoms with Gasteiger partial charge < -0.3 is 0 Å². The van der Waals surface area contributed by atoms with Crippen LogP contribution in [-0.4, -0.2) is 8.67 Å². The van der Waals surface area contributed by atoms with Crippen LogP contribution < -0.4 is 0 Å². The lowest BCUT2D eigenvalue weighted by Crippen LogP contribution is -2.17. The van der Waals surface area contributed by atoms with Crippen LogP contribution in [0.15, 0.2) is 106 Å². The van der Waals surface area contributed by atoms with E-state index >= 15 is 0 Å². The Balaban J connectivity index is 1.66. The lowest BCUT2D eigenvalue weighted by atomic mass is 9.96. The molecule has 2 aliphatic carbocycles. The van der Waals surface area contributed by atoms with E-state index in [1.165, 1.54) is 32.1 Å². The molecular weight excluding hydrogens is 486 g/mol. The monoisotopic (exact) mass is 506 g/mol. The minimum atomic E-state index is -0.876. The largest absolute Gasteiger partial charge is 0.140 e. The summed E-state index contributed by atoms with van der Waals surface area (Å²) in [4.78, 5) is 2.37. The SMILES string of the molecule is ClC1(Cl)C=CC(SC2=C(Cc3ccccc3)CC(Cl)(Cl)C=C2)=C(Cc2ccccc2)C1. The van der Waals surface area contributed by atoms with Crippen LogP contribution in [0.1, 0.15) is 24.0 Å². The van der Waals surface area contributed by atoms with Crippen molar-refractivity contribution < 1.29 is 0 Å². The second kappa shape index (κ2) is 9.81. The van der Waals surface area contributed by atoms with Gasteiger partial charge in [-0.05, 0) is 59.4 Å². The van der Waals surface area contributed by atoms with E-state index in [-0.39, 0.29) is 0 Å². The zero-order valence-electron chi connectivity index (χ0n) is 16.8. The Morgan fingerprint density at radius 2 is 1.00 bits per heavy atom. The first-order valence-electron chi connectivity index (χ1n) is 10.1. The molecule has 5 heteroatoms. The molecule has 0 N–H and O–H groups in total. The fourth-order valence-corrected chi connectivity index (χ4v) is 5.79. The fraction of sp³-hybridized carbons (Fsp3) is 0.231. The molecule has 2 aromatic rings. The number of benzene rings is 2. The molecule has 0 bridgehead atoms. The molecule has 0 saturated carbocycles. The van der Waals surface area contributed by atoms with E-state index in [4.69, 9.17) is 46.4 Å². The molecule has 0 unspecified atom stereocenters. The first kappa shape index (κ1) is 23.1. The van der Waals surface area contributed by atoms with E-state index in [1.807, 2.05) is 24.3 Å². The molecule has 0 atom stereocenters. The standard InChI is InChI=1S/C26H22Cl4S/c27-25(28)13-11-23(21(17-25)15-19-7-3-1-4-8-19)31-24-12-14-26(29,30)18-22(24)16-20-9-5-2-6-10-20/h1-14H,15-18H2.